The van der Waals surface area contributed by atoms with E-state index >= 15 is 0 Å². The van der Waals surface area contributed by atoms with Gasteiger partial charge in [-0.3, -0.25) is 9.69 Å². The first-order valence-electron chi connectivity index (χ1n) is 7.98. The summed E-state index contributed by atoms with van der Waals surface area (Å²) in [6.07, 6.45) is 2.70. The van der Waals surface area contributed by atoms with Crippen molar-refractivity contribution in [2.24, 2.45) is 11.8 Å². The average Bonchev–Trinajstić information content (AvgIpc) is 2.92. The van der Waals surface area contributed by atoms with E-state index in [1.165, 1.54) is 16.6 Å². The van der Waals surface area contributed by atoms with Crippen molar-refractivity contribution in [3.63, 3.8) is 0 Å². The number of rotatable bonds is 2. The fourth-order valence-electron chi connectivity index (χ4n) is 4.25. The van der Waals surface area contributed by atoms with Crippen molar-refractivity contribution in [1.82, 2.24) is 9.88 Å². The van der Waals surface area contributed by atoms with Gasteiger partial charge in [0.1, 0.15) is 12.1 Å². The van der Waals surface area contributed by atoms with Crippen molar-refractivity contribution in [1.29, 1.82) is 0 Å². The van der Waals surface area contributed by atoms with E-state index in [0.29, 0.717) is 6.42 Å². The number of aromatic nitrogens is 1. The number of hydrogen-bond donors (Lipinski definition) is 1. The summed E-state index contributed by atoms with van der Waals surface area (Å²) in [6.45, 7) is 3.35. The van der Waals surface area contributed by atoms with Crippen molar-refractivity contribution < 1.29 is 9.59 Å². The number of fused-ring (bicyclic) bond motifs is 5. The number of piperidine rings is 1. The molecule has 0 radical (unpaired) electrons. The Balaban J connectivity index is 1.80. The molecule has 0 saturated carbocycles. The number of benzene rings is 1. The van der Waals surface area contributed by atoms with Crippen molar-refractivity contribution >= 4 is 23.0 Å². The first-order chi connectivity index (χ1) is 10.7. The van der Waals surface area contributed by atoms with Gasteiger partial charge in [0.05, 0.1) is 6.04 Å². The fraction of sp³-hybridized carbons (Fsp3) is 0.444. The normalized spacial score (nSPS) is 28.1. The maximum atomic E-state index is 11.8. The van der Waals surface area contributed by atoms with Crippen LogP contribution in [-0.2, 0) is 16.0 Å². The zero-order valence-corrected chi connectivity index (χ0v) is 12.7. The molecule has 0 spiro atoms. The lowest BCUT2D eigenvalue weighted by atomic mass is 9.78. The second-order valence-corrected chi connectivity index (χ2v) is 6.60. The second-order valence-electron chi connectivity index (χ2n) is 6.60. The summed E-state index contributed by atoms with van der Waals surface area (Å²) >= 11 is 0. The first-order valence-corrected chi connectivity index (χ1v) is 7.98. The Bertz CT molecular complexity index is 749. The molecule has 2 aromatic rings. The third-order valence-corrected chi connectivity index (χ3v) is 5.35. The number of carbonyl (C=O) groups is 2. The number of ketones is 1. The Morgan fingerprint density at radius 2 is 2.18 bits per heavy atom. The zero-order valence-electron chi connectivity index (χ0n) is 12.7. The Kier molecular flexibility index (Phi) is 3.15. The zero-order chi connectivity index (χ0) is 15.3. The molecule has 1 fully saturated rings. The number of aldehydes is 1. The molecule has 0 aliphatic carbocycles. The number of nitrogens with one attached hydrogen (secondary N) is 1. The molecule has 0 unspecified atom stereocenters. The van der Waals surface area contributed by atoms with E-state index in [9.17, 15) is 9.59 Å². The molecule has 0 bridgehead atoms. The molecule has 4 rings (SSSR count). The molecule has 4 nitrogen and oxygen atoms in total. The van der Waals surface area contributed by atoms with Crippen LogP contribution < -0.4 is 0 Å². The van der Waals surface area contributed by atoms with E-state index in [1.54, 1.807) is 6.92 Å². The molecule has 2 aliphatic rings. The smallest absolute Gasteiger partial charge is 0.134 e. The van der Waals surface area contributed by atoms with Gasteiger partial charge in [-0.25, -0.2) is 0 Å². The lowest BCUT2D eigenvalue weighted by Gasteiger charge is -2.44. The SMILES string of the molecule is CC(=O)[C@H]1C[C@H](C=O)[C@H]2c3[nH]c4ccccc4c3CCN2C1. The standard InChI is InChI=1S/C18H20N2O2/c1-11(22)12-8-13(10-21)18-17-15(6-7-20(18)9-12)14-4-2-3-5-16(14)19-17/h2-5,10,12-13,18-19H,6-9H2,1H3/t12-,13+,18-/m0/s1. The third-order valence-electron chi connectivity index (χ3n) is 5.35. The van der Waals surface area contributed by atoms with E-state index < -0.39 is 0 Å². The van der Waals surface area contributed by atoms with Gasteiger partial charge in [0.15, 0.2) is 0 Å². The quantitative estimate of drug-likeness (QED) is 0.866. The highest BCUT2D eigenvalue weighted by molar-refractivity contribution is 5.85. The van der Waals surface area contributed by atoms with Crippen LogP contribution in [-0.4, -0.2) is 35.0 Å². The molecule has 1 aromatic heterocycles. The number of H-pyrrole nitrogens is 1. The highest BCUT2D eigenvalue weighted by Gasteiger charge is 2.42. The van der Waals surface area contributed by atoms with Crippen molar-refractivity contribution in [2.75, 3.05) is 13.1 Å². The molecule has 114 valence electrons. The molecule has 4 heteroatoms. The summed E-state index contributed by atoms with van der Waals surface area (Å²) in [5.41, 5.74) is 3.68. The molecular formula is C18H20N2O2. The van der Waals surface area contributed by atoms with Gasteiger partial charge in [0.25, 0.3) is 0 Å². The summed E-state index contributed by atoms with van der Waals surface area (Å²) in [7, 11) is 0. The molecule has 3 atom stereocenters. The molecule has 22 heavy (non-hydrogen) atoms. The first kappa shape index (κ1) is 13.7. The summed E-state index contributed by atoms with van der Waals surface area (Å²) < 4.78 is 0. The summed E-state index contributed by atoms with van der Waals surface area (Å²) in [4.78, 5) is 29.3. The predicted octanol–water partition coefficient (Wildman–Crippen LogP) is 2.49. The Morgan fingerprint density at radius 1 is 1.36 bits per heavy atom. The Hall–Kier alpha value is -1.94. The third kappa shape index (κ3) is 1.94. The number of nitrogens with zero attached hydrogens (tertiary/aromatic N) is 1. The van der Waals surface area contributed by atoms with E-state index in [1.807, 2.05) is 6.07 Å². The van der Waals surface area contributed by atoms with Crippen LogP contribution in [0.3, 0.4) is 0 Å². The van der Waals surface area contributed by atoms with Crippen LogP contribution in [0.2, 0.25) is 0 Å². The van der Waals surface area contributed by atoms with Gasteiger partial charge in [0, 0.05) is 41.5 Å². The minimum absolute atomic E-state index is 0.00243. The molecular weight excluding hydrogens is 276 g/mol. The van der Waals surface area contributed by atoms with E-state index in [-0.39, 0.29) is 23.7 Å². The fourth-order valence-corrected chi connectivity index (χ4v) is 4.25. The van der Waals surface area contributed by atoms with Crippen LogP contribution in [0.5, 0.6) is 0 Å². The molecule has 2 aliphatic heterocycles. The highest BCUT2D eigenvalue weighted by atomic mass is 16.1. The number of aromatic amines is 1. The predicted molar refractivity (Wildman–Crippen MR) is 84.7 cm³/mol. The van der Waals surface area contributed by atoms with Crippen molar-refractivity contribution in [3.8, 4) is 0 Å². The van der Waals surface area contributed by atoms with Gasteiger partial charge in [-0.2, -0.15) is 0 Å². The topological polar surface area (TPSA) is 53.2 Å². The number of Topliss-reactive ketones (excluding diaryl/α,β-unsaturated/α-hetero) is 1. The van der Waals surface area contributed by atoms with Crippen LogP contribution in [0.4, 0.5) is 0 Å². The second kappa shape index (κ2) is 5.06. The van der Waals surface area contributed by atoms with Crippen LogP contribution in [0.15, 0.2) is 24.3 Å². The van der Waals surface area contributed by atoms with Gasteiger partial charge >= 0.3 is 0 Å². The van der Waals surface area contributed by atoms with Gasteiger partial charge in [0.2, 0.25) is 0 Å². The Labute approximate surface area is 129 Å². The highest BCUT2D eigenvalue weighted by Crippen LogP contribution is 2.43. The molecule has 3 heterocycles. The monoisotopic (exact) mass is 296 g/mol. The van der Waals surface area contributed by atoms with Gasteiger partial charge in [-0.15, -0.1) is 0 Å². The number of carbonyl (C=O) groups excluding carboxylic acids is 2. The van der Waals surface area contributed by atoms with Gasteiger partial charge < -0.3 is 9.78 Å². The molecule has 1 N–H and O–H groups in total. The van der Waals surface area contributed by atoms with E-state index in [4.69, 9.17) is 0 Å². The van der Waals surface area contributed by atoms with Crippen LogP contribution in [0, 0.1) is 11.8 Å². The lowest BCUT2D eigenvalue weighted by molar-refractivity contribution is -0.126. The summed E-state index contributed by atoms with van der Waals surface area (Å²) in [6, 6.07) is 8.44. The van der Waals surface area contributed by atoms with Crippen LogP contribution in [0.1, 0.15) is 30.6 Å². The molecule has 1 aromatic carbocycles. The van der Waals surface area contributed by atoms with Gasteiger partial charge in [-0.05, 0) is 31.4 Å². The molecule has 0 amide bonds. The minimum Gasteiger partial charge on any atom is -0.357 e. The number of hydrogen-bond acceptors (Lipinski definition) is 3. The number of para-hydroxylation sites is 1. The summed E-state index contributed by atoms with van der Waals surface area (Å²) in [5.74, 6) is 0.0971. The van der Waals surface area contributed by atoms with Crippen molar-refractivity contribution in [3.05, 3.63) is 35.5 Å². The lowest BCUT2D eigenvalue weighted by Crippen LogP contribution is -2.48. The largest absolute Gasteiger partial charge is 0.357 e. The minimum atomic E-state index is -0.102. The average molecular weight is 296 g/mol. The van der Waals surface area contributed by atoms with Crippen molar-refractivity contribution in [2.45, 2.75) is 25.8 Å². The maximum Gasteiger partial charge on any atom is 0.134 e. The van der Waals surface area contributed by atoms with E-state index in [0.717, 1.165) is 31.3 Å². The summed E-state index contributed by atoms with van der Waals surface area (Å²) in [5, 5.41) is 1.27. The van der Waals surface area contributed by atoms with Gasteiger partial charge in [-0.1, -0.05) is 18.2 Å². The van der Waals surface area contributed by atoms with E-state index in [2.05, 4.69) is 28.1 Å². The van der Waals surface area contributed by atoms with Crippen LogP contribution in [0.25, 0.3) is 10.9 Å². The maximum absolute atomic E-state index is 11.8. The Morgan fingerprint density at radius 3 is 2.95 bits per heavy atom. The van der Waals surface area contributed by atoms with Crippen LogP contribution >= 0.6 is 0 Å². The molecule has 1 saturated heterocycles.